The van der Waals surface area contributed by atoms with E-state index in [0.717, 1.165) is 98.6 Å². The van der Waals surface area contributed by atoms with E-state index in [1.165, 1.54) is 0 Å². The Morgan fingerprint density at radius 3 is 2.59 bits per heavy atom. The molecule has 238 valence electrons. The zero-order valence-corrected chi connectivity index (χ0v) is 26.6. The van der Waals surface area contributed by atoms with Gasteiger partial charge in [-0.2, -0.15) is 0 Å². The highest BCUT2D eigenvalue weighted by atomic mass is 16.5. The van der Waals surface area contributed by atoms with Gasteiger partial charge in [-0.25, -0.2) is 4.98 Å². The molecule has 0 saturated carbocycles. The van der Waals surface area contributed by atoms with Gasteiger partial charge >= 0.3 is 0 Å². The van der Waals surface area contributed by atoms with E-state index in [-0.39, 0.29) is 17.9 Å². The topological polar surface area (TPSA) is 82.8 Å². The number of fused-ring (bicyclic) bond motifs is 3. The van der Waals surface area contributed by atoms with Crippen molar-refractivity contribution < 1.29 is 14.3 Å². The summed E-state index contributed by atoms with van der Waals surface area (Å²) in [5.41, 5.74) is 4.75. The van der Waals surface area contributed by atoms with E-state index in [0.29, 0.717) is 31.0 Å². The molecule has 2 aromatic heterocycles. The minimum absolute atomic E-state index is 0.00832. The third-order valence-corrected chi connectivity index (χ3v) is 9.54. The molecule has 3 aliphatic heterocycles. The molecule has 0 N–H and O–H groups in total. The van der Waals surface area contributed by atoms with Crippen LogP contribution in [0.5, 0.6) is 5.75 Å². The van der Waals surface area contributed by atoms with Crippen molar-refractivity contribution in [1.82, 2.24) is 24.1 Å². The van der Waals surface area contributed by atoms with E-state index in [4.69, 9.17) is 9.72 Å². The van der Waals surface area contributed by atoms with Gasteiger partial charge in [-0.15, -0.1) is 0 Å². The molecule has 0 unspecified atom stereocenters. The minimum atomic E-state index is 0.00832. The van der Waals surface area contributed by atoms with Gasteiger partial charge in [-0.1, -0.05) is 49.2 Å². The van der Waals surface area contributed by atoms with Crippen molar-refractivity contribution in [3.8, 4) is 17.1 Å². The van der Waals surface area contributed by atoms with E-state index in [1.807, 2.05) is 94.2 Å². The number of carbonyl (C=O) groups excluding carboxylic acids is 2. The van der Waals surface area contributed by atoms with Crippen LogP contribution in [0.3, 0.4) is 0 Å². The highest BCUT2D eigenvalue weighted by Crippen LogP contribution is 2.34. The van der Waals surface area contributed by atoms with Crippen LogP contribution in [0, 0.1) is 6.92 Å². The first-order chi connectivity index (χ1) is 22.6. The molecule has 0 radical (unpaired) electrons. The molecule has 9 nitrogen and oxygen atoms in total. The summed E-state index contributed by atoms with van der Waals surface area (Å²) >= 11 is 0. The maximum Gasteiger partial charge on any atom is 0.274 e. The summed E-state index contributed by atoms with van der Waals surface area (Å²) in [4.78, 5) is 42.5. The molecule has 2 amide bonds. The number of hydrogen-bond donors (Lipinski definition) is 0. The average Bonchev–Trinajstić information content (AvgIpc) is 3.70. The van der Waals surface area contributed by atoms with Crippen molar-refractivity contribution in [1.29, 1.82) is 0 Å². The monoisotopic (exact) mass is 618 g/mol. The Kier molecular flexibility index (Phi) is 8.83. The molecule has 0 bridgehead atoms. The Morgan fingerprint density at radius 1 is 0.935 bits per heavy atom. The second kappa shape index (κ2) is 13.5. The van der Waals surface area contributed by atoms with Crippen LogP contribution in [-0.4, -0.2) is 94.0 Å². The fourth-order valence-corrected chi connectivity index (χ4v) is 6.92. The normalized spacial score (nSPS) is 18.1. The van der Waals surface area contributed by atoms with Gasteiger partial charge in [0.05, 0.1) is 29.4 Å². The number of amides is 2. The number of aliphatic imine (C=N–C) groups is 1. The molecule has 3 aliphatic rings. The Hall–Kier alpha value is -4.50. The quantitative estimate of drug-likeness (QED) is 0.203. The Morgan fingerprint density at radius 2 is 1.74 bits per heavy atom. The van der Waals surface area contributed by atoms with E-state index in [2.05, 4.69) is 9.89 Å². The first-order valence-electron chi connectivity index (χ1n) is 16.7. The molecule has 5 heterocycles. The van der Waals surface area contributed by atoms with Crippen LogP contribution < -0.4 is 4.74 Å². The predicted octanol–water partition coefficient (Wildman–Crippen LogP) is 6.03. The number of carbonyl (C=O) groups is 2. The summed E-state index contributed by atoms with van der Waals surface area (Å²) in [7, 11) is 0. The van der Waals surface area contributed by atoms with Crippen LogP contribution in [0.4, 0.5) is 5.69 Å². The molecular weight excluding hydrogens is 576 g/mol. The molecule has 4 aromatic rings. The Bertz CT molecular complexity index is 1740. The van der Waals surface area contributed by atoms with E-state index in [1.54, 1.807) is 0 Å². The number of rotatable bonds is 10. The maximum atomic E-state index is 13.6. The van der Waals surface area contributed by atoms with Crippen LogP contribution in [0.15, 0.2) is 71.9 Å². The lowest BCUT2D eigenvalue weighted by Gasteiger charge is -2.34. The predicted molar refractivity (Wildman–Crippen MR) is 180 cm³/mol. The smallest absolute Gasteiger partial charge is 0.274 e. The number of aromatic nitrogens is 2. The molecule has 1 atom stereocenters. The zero-order chi connectivity index (χ0) is 31.5. The summed E-state index contributed by atoms with van der Waals surface area (Å²) in [5.74, 6) is 1.71. The number of ether oxygens (including phenoxy) is 1. The van der Waals surface area contributed by atoms with Crippen LogP contribution in [0.2, 0.25) is 0 Å². The first-order valence-corrected chi connectivity index (χ1v) is 16.7. The molecule has 0 aliphatic carbocycles. The molecule has 0 spiro atoms. The number of hydrogen-bond acceptors (Lipinski definition) is 6. The third kappa shape index (κ3) is 6.16. The lowest BCUT2D eigenvalue weighted by molar-refractivity contribution is 0.0631. The van der Waals surface area contributed by atoms with Gasteiger partial charge < -0.3 is 14.5 Å². The van der Waals surface area contributed by atoms with Gasteiger partial charge in [0.25, 0.3) is 11.8 Å². The van der Waals surface area contributed by atoms with Gasteiger partial charge in [0, 0.05) is 56.8 Å². The molecule has 7 rings (SSSR count). The highest BCUT2D eigenvalue weighted by molar-refractivity contribution is 6.03. The molecule has 2 aromatic carbocycles. The minimum Gasteiger partial charge on any atom is -0.493 e. The number of aryl methyl sites for hydroxylation is 1. The molecule has 9 heteroatoms. The molecule has 46 heavy (non-hydrogen) atoms. The highest BCUT2D eigenvalue weighted by Gasteiger charge is 2.32. The second-order valence-electron chi connectivity index (χ2n) is 12.6. The molecule has 2 fully saturated rings. The number of benzene rings is 2. The van der Waals surface area contributed by atoms with E-state index < -0.39 is 0 Å². The van der Waals surface area contributed by atoms with Crippen LogP contribution in [-0.2, 0) is 0 Å². The molecule has 2 saturated heterocycles. The van der Waals surface area contributed by atoms with Crippen molar-refractivity contribution in [2.24, 2.45) is 4.99 Å². The summed E-state index contributed by atoms with van der Waals surface area (Å²) in [6.07, 6.45) is 10.3. The number of piperazine rings is 1. The average molecular weight is 619 g/mol. The fourth-order valence-electron chi connectivity index (χ4n) is 6.92. The second-order valence-corrected chi connectivity index (χ2v) is 12.6. The van der Waals surface area contributed by atoms with E-state index in [9.17, 15) is 9.59 Å². The van der Waals surface area contributed by atoms with Gasteiger partial charge in [0.15, 0.2) is 5.69 Å². The standard InChI is InChI=1S/C37H42N6O3/c1-27-24-30-31(38-26-29-14-11-18-42(29)36(30)44)25-33(27)46-23-10-3-2-8-16-40-19-21-41(22-20-40)37(45)34-32-15-7-9-17-43(32)35(39-34)28-12-5-4-6-13-28/h4-7,9,12-13,15,17,24-26,29H,2-3,8,10-11,14,16,18-23H2,1H3/t29-/m0/s1. The number of unbranched alkanes of at least 4 members (excludes halogenated alkanes) is 3. The fraction of sp³-hybridized carbons (Fsp3) is 0.405. The number of nitrogens with zero attached hydrogens (tertiary/aromatic N) is 6. The van der Waals surface area contributed by atoms with Crippen molar-refractivity contribution >= 4 is 29.2 Å². The van der Waals surface area contributed by atoms with Crippen LogP contribution >= 0.6 is 0 Å². The van der Waals surface area contributed by atoms with Crippen molar-refractivity contribution in [3.05, 3.63) is 83.7 Å². The third-order valence-electron chi connectivity index (χ3n) is 9.54. The van der Waals surface area contributed by atoms with Crippen molar-refractivity contribution in [3.63, 3.8) is 0 Å². The van der Waals surface area contributed by atoms with Crippen molar-refractivity contribution in [2.75, 3.05) is 45.9 Å². The van der Waals surface area contributed by atoms with Crippen LogP contribution in [0.1, 0.15) is 64.9 Å². The lowest BCUT2D eigenvalue weighted by Crippen LogP contribution is -2.49. The summed E-state index contributed by atoms with van der Waals surface area (Å²) in [6, 6.07) is 19.9. The molecular formula is C37H42N6O3. The summed E-state index contributed by atoms with van der Waals surface area (Å²) < 4.78 is 8.15. The van der Waals surface area contributed by atoms with Gasteiger partial charge in [0.2, 0.25) is 0 Å². The zero-order valence-electron chi connectivity index (χ0n) is 26.6. The largest absolute Gasteiger partial charge is 0.493 e. The summed E-state index contributed by atoms with van der Waals surface area (Å²) in [5, 5.41) is 0. The SMILES string of the molecule is Cc1cc2c(cc1OCCCCCCN1CCN(C(=O)c3nc(-c4ccccc4)n4ccccc34)CC1)N=C[C@@H]1CCCN1C2=O. The van der Waals surface area contributed by atoms with Gasteiger partial charge in [0.1, 0.15) is 11.6 Å². The number of pyridine rings is 1. The van der Waals surface area contributed by atoms with Gasteiger partial charge in [-0.05, 0) is 62.9 Å². The maximum absolute atomic E-state index is 13.6. The summed E-state index contributed by atoms with van der Waals surface area (Å²) in [6.45, 7) is 7.71. The Balaban J connectivity index is 0.842. The Labute approximate surface area is 270 Å². The number of imidazole rings is 1. The first kappa shape index (κ1) is 30.2. The van der Waals surface area contributed by atoms with Gasteiger partial charge in [-0.3, -0.25) is 23.9 Å². The van der Waals surface area contributed by atoms with Crippen LogP contribution in [0.25, 0.3) is 16.9 Å². The lowest BCUT2D eigenvalue weighted by atomic mass is 10.1. The van der Waals surface area contributed by atoms with Crippen molar-refractivity contribution in [2.45, 2.75) is 51.5 Å². The van der Waals surface area contributed by atoms with E-state index >= 15 is 0 Å².